The zero-order valence-corrected chi connectivity index (χ0v) is 18.0. The third-order valence-electron chi connectivity index (χ3n) is 4.91. The predicted octanol–water partition coefficient (Wildman–Crippen LogP) is 2.05. The molecule has 0 aromatic heterocycles. The number of hydrogen-bond donors (Lipinski definition) is 2. The quantitative estimate of drug-likeness (QED) is 0.735. The maximum absolute atomic E-state index is 11.3. The van der Waals surface area contributed by atoms with Gasteiger partial charge in [-0.2, -0.15) is 0 Å². The van der Waals surface area contributed by atoms with E-state index in [4.69, 9.17) is 4.74 Å². The molecule has 1 fully saturated rings. The molecule has 1 aliphatic heterocycles. The Kier molecular flexibility index (Phi) is 7.30. The molecular formula is C20H34N2O4S. The van der Waals surface area contributed by atoms with Crippen LogP contribution in [0.1, 0.15) is 44.7 Å². The number of aryl methyl sites for hydroxylation is 1. The molecule has 1 unspecified atom stereocenters. The summed E-state index contributed by atoms with van der Waals surface area (Å²) in [5.74, 6) is 0.804. The normalized spacial score (nSPS) is 18.4. The molecule has 0 bridgehead atoms. The van der Waals surface area contributed by atoms with E-state index < -0.39 is 16.1 Å². The fourth-order valence-electron chi connectivity index (χ4n) is 3.35. The van der Waals surface area contributed by atoms with Crippen LogP contribution in [0.15, 0.2) is 18.2 Å². The summed E-state index contributed by atoms with van der Waals surface area (Å²) in [6.07, 6.45) is 2.13. The van der Waals surface area contributed by atoms with Crippen LogP contribution in [0, 0.1) is 6.92 Å². The van der Waals surface area contributed by atoms with E-state index in [0.717, 1.165) is 37.2 Å². The number of sulfonamides is 1. The van der Waals surface area contributed by atoms with Crippen LogP contribution in [-0.2, 0) is 15.4 Å². The molecule has 2 N–H and O–H groups in total. The standard InChI is InChI=1S/C20H34N2O4S/c1-15-12-16(20(2,3)4)6-7-19(15)26-14-18(23)13-22-10-8-17(9-11-22)21-27(5,24)25/h6-7,12,17-18,21,23H,8-11,13-14H2,1-5H3. The fourth-order valence-corrected chi connectivity index (χ4v) is 4.19. The van der Waals surface area contributed by atoms with Gasteiger partial charge in [0.2, 0.25) is 10.0 Å². The molecule has 0 amide bonds. The molecule has 154 valence electrons. The molecule has 0 spiro atoms. The average Bonchev–Trinajstić information content (AvgIpc) is 2.53. The van der Waals surface area contributed by atoms with Crippen LogP contribution >= 0.6 is 0 Å². The Labute approximate surface area is 164 Å². The number of rotatable bonds is 7. The molecule has 1 aliphatic rings. The molecule has 27 heavy (non-hydrogen) atoms. The monoisotopic (exact) mass is 398 g/mol. The Balaban J connectivity index is 1.78. The number of aliphatic hydroxyl groups is 1. The van der Waals surface area contributed by atoms with Crippen LogP contribution in [0.25, 0.3) is 0 Å². The van der Waals surface area contributed by atoms with Gasteiger partial charge in [-0.05, 0) is 55.5 Å². The Morgan fingerprint density at radius 2 is 1.93 bits per heavy atom. The highest BCUT2D eigenvalue weighted by atomic mass is 32.2. The van der Waals surface area contributed by atoms with E-state index in [2.05, 4.69) is 42.5 Å². The van der Waals surface area contributed by atoms with Crippen molar-refractivity contribution in [2.75, 3.05) is 32.5 Å². The summed E-state index contributed by atoms with van der Waals surface area (Å²) in [4.78, 5) is 2.16. The number of piperidine rings is 1. The van der Waals surface area contributed by atoms with Crippen LogP contribution in [0.3, 0.4) is 0 Å². The number of aliphatic hydroxyl groups excluding tert-OH is 1. The van der Waals surface area contributed by atoms with Gasteiger partial charge in [-0.15, -0.1) is 0 Å². The summed E-state index contributed by atoms with van der Waals surface area (Å²) in [5.41, 5.74) is 2.43. The second-order valence-corrected chi connectivity index (χ2v) is 10.4. The van der Waals surface area contributed by atoms with Gasteiger partial charge in [-0.25, -0.2) is 13.1 Å². The van der Waals surface area contributed by atoms with Crippen molar-refractivity contribution in [3.05, 3.63) is 29.3 Å². The predicted molar refractivity (Wildman–Crippen MR) is 109 cm³/mol. The van der Waals surface area contributed by atoms with E-state index in [9.17, 15) is 13.5 Å². The Morgan fingerprint density at radius 3 is 2.44 bits per heavy atom. The van der Waals surface area contributed by atoms with Crippen molar-refractivity contribution >= 4 is 10.0 Å². The van der Waals surface area contributed by atoms with Gasteiger partial charge in [0.15, 0.2) is 0 Å². The molecule has 1 atom stereocenters. The highest BCUT2D eigenvalue weighted by Crippen LogP contribution is 2.27. The summed E-state index contributed by atoms with van der Waals surface area (Å²) in [6, 6.07) is 6.19. The highest BCUT2D eigenvalue weighted by molar-refractivity contribution is 7.88. The van der Waals surface area contributed by atoms with Crippen LogP contribution < -0.4 is 9.46 Å². The zero-order chi connectivity index (χ0) is 20.2. The molecule has 1 saturated heterocycles. The summed E-state index contributed by atoms with van der Waals surface area (Å²) in [6.45, 7) is 10.9. The first-order valence-electron chi connectivity index (χ1n) is 9.56. The number of likely N-dealkylation sites (tertiary alicyclic amines) is 1. The SMILES string of the molecule is Cc1cc(C(C)(C)C)ccc1OCC(O)CN1CCC(NS(C)(=O)=O)CC1. The van der Waals surface area contributed by atoms with Gasteiger partial charge in [-0.1, -0.05) is 32.9 Å². The number of β-amino-alcohol motifs (C(OH)–C–C–N with tert-alkyl or cyclic N) is 1. The van der Waals surface area contributed by atoms with Crippen molar-refractivity contribution in [1.82, 2.24) is 9.62 Å². The average molecular weight is 399 g/mol. The Bertz CT molecular complexity index is 720. The lowest BCUT2D eigenvalue weighted by atomic mass is 9.86. The maximum Gasteiger partial charge on any atom is 0.208 e. The lowest BCUT2D eigenvalue weighted by Gasteiger charge is -2.33. The van der Waals surface area contributed by atoms with E-state index in [-0.39, 0.29) is 18.1 Å². The summed E-state index contributed by atoms with van der Waals surface area (Å²) in [7, 11) is -3.16. The van der Waals surface area contributed by atoms with Gasteiger partial charge >= 0.3 is 0 Å². The summed E-state index contributed by atoms with van der Waals surface area (Å²) < 4.78 is 31.1. The van der Waals surface area contributed by atoms with Gasteiger partial charge in [0.1, 0.15) is 18.5 Å². The minimum absolute atomic E-state index is 0.00590. The van der Waals surface area contributed by atoms with Crippen LogP contribution in [-0.4, -0.2) is 63.1 Å². The number of benzene rings is 1. The van der Waals surface area contributed by atoms with E-state index in [1.165, 1.54) is 11.8 Å². The highest BCUT2D eigenvalue weighted by Gasteiger charge is 2.23. The molecule has 1 heterocycles. The van der Waals surface area contributed by atoms with Crippen molar-refractivity contribution in [3.63, 3.8) is 0 Å². The van der Waals surface area contributed by atoms with E-state index >= 15 is 0 Å². The number of nitrogens with zero attached hydrogens (tertiary/aromatic N) is 1. The lowest BCUT2D eigenvalue weighted by molar-refractivity contribution is 0.0588. The molecule has 6 nitrogen and oxygen atoms in total. The first-order valence-corrected chi connectivity index (χ1v) is 11.4. The largest absolute Gasteiger partial charge is 0.491 e. The summed E-state index contributed by atoms with van der Waals surface area (Å²) >= 11 is 0. The maximum atomic E-state index is 11.3. The molecule has 1 aromatic carbocycles. The molecule has 0 aliphatic carbocycles. The van der Waals surface area contributed by atoms with Gasteiger partial charge < -0.3 is 14.7 Å². The smallest absolute Gasteiger partial charge is 0.208 e. The number of ether oxygens (including phenoxy) is 1. The van der Waals surface area contributed by atoms with Crippen LogP contribution in [0.4, 0.5) is 0 Å². The summed E-state index contributed by atoms with van der Waals surface area (Å²) in [5, 5.41) is 10.3. The molecule has 0 radical (unpaired) electrons. The van der Waals surface area contributed by atoms with Crippen molar-refractivity contribution in [2.45, 2.75) is 58.1 Å². The van der Waals surface area contributed by atoms with Gasteiger partial charge in [0, 0.05) is 12.6 Å². The van der Waals surface area contributed by atoms with Gasteiger partial charge in [-0.3, -0.25) is 0 Å². The van der Waals surface area contributed by atoms with Crippen molar-refractivity contribution in [2.24, 2.45) is 0 Å². The van der Waals surface area contributed by atoms with Gasteiger partial charge in [0.25, 0.3) is 0 Å². The van der Waals surface area contributed by atoms with Crippen LogP contribution in [0.5, 0.6) is 5.75 Å². The Hall–Kier alpha value is -1.15. The molecule has 0 saturated carbocycles. The number of nitrogens with one attached hydrogen (secondary N) is 1. The van der Waals surface area contributed by atoms with Crippen molar-refractivity contribution in [1.29, 1.82) is 0 Å². The Morgan fingerprint density at radius 1 is 1.30 bits per heavy atom. The molecule has 2 rings (SSSR count). The van der Waals surface area contributed by atoms with Crippen molar-refractivity contribution in [3.8, 4) is 5.75 Å². The molecule has 1 aromatic rings. The first kappa shape index (κ1) is 22.1. The van der Waals surface area contributed by atoms with E-state index in [1.807, 2.05) is 13.0 Å². The topological polar surface area (TPSA) is 78.9 Å². The second kappa shape index (κ2) is 8.90. The minimum atomic E-state index is -3.16. The number of hydrogen-bond acceptors (Lipinski definition) is 5. The third kappa shape index (κ3) is 7.41. The van der Waals surface area contributed by atoms with E-state index in [1.54, 1.807) is 0 Å². The molecular weight excluding hydrogens is 364 g/mol. The second-order valence-electron chi connectivity index (χ2n) is 8.66. The van der Waals surface area contributed by atoms with Crippen LogP contribution in [0.2, 0.25) is 0 Å². The minimum Gasteiger partial charge on any atom is -0.491 e. The van der Waals surface area contributed by atoms with Gasteiger partial charge in [0.05, 0.1) is 6.26 Å². The zero-order valence-electron chi connectivity index (χ0n) is 17.2. The first-order chi connectivity index (χ1) is 12.4. The van der Waals surface area contributed by atoms with Crippen molar-refractivity contribution < 1.29 is 18.3 Å². The van der Waals surface area contributed by atoms with E-state index in [0.29, 0.717) is 6.54 Å². The lowest BCUT2D eigenvalue weighted by Crippen LogP contribution is -2.46. The fraction of sp³-hybridized carbons (Fsp3) is 0.700. The third-order valence-corrected chi connectivity index (χ3v) is 5.67. The molecule has 7 heteroatoms.